The molecule has 1 aromatic rings. The van der Waals surface area contributed by atoms with Gasteiger partial charge in [0.25, 0.3) is 0 Å². The monoisotopic (exact) mass is 408 g/mol. The second-order valence-corrected chi connectivity index (χ2v) is 9.57. The summed E-state index contributed by atoms with van der Waals surface area (Å²) in [6.07, 6.45) is 32.2. The fourth-order valence-corrected chi connectivity index (χ4v) is 4.87. The molecule has 0 aliphatic heterocycles. The first-order valence-corrected chi connectivity index (χ1v) is 13.2. The van der Waals surface area contributed by atoms with Crippen molar-refractivity contribution in [2.75, 3.05) is 0 Å². The van der Waals surface area contributed by atoms with Crippen LogP contribution in [0, 0.1) is 5.92 Å². The molecule has 0 saturated heterocycles. The van der Waals surface area contributed by atoms with Crippen LogP contribution in [-0.4, -0.2) is 0 Å². The summed E-state index contributed by atoms with van der Waals surface area (Å²) >= 11 is 0. The smallest absolute Gasteiger partial charge is 0.0312 e. The zero-order valence-electron chi connectivity index (χ0n) is 20.1. The Morgan fingerprint density at radius 3 is 1.67 bits per heavy atom. The van der Waals surface area contributed by atoms with Crippen LogP contribution in [0.1, 0.15) is 122 Å². The van der Waals surface area contributed by atoms with Crippen LogP contribution in [0.15, 0.2) is 54.6 Å². The van der Waals surface area contributed by atoms with E-state index in [0.717, 1.165) is 0 Å². The lowest BCUT2D eigenvalue weighted by Crippen LogP contribution is -2.23. The fourth-order valence-electron chi connectivity index (χ4n) is 4.87. The van der Waals surface area contributed by atoms with Crippen LogP contribution in [0.3, 0.4) is 0 Å². The van der Waals surface area contributed by atoms with Gasteiger partial charge in [0.05, 0.1) is 0 Å². The van der Waals surface area contributed by atoms with Crippen LogP contribution in [0.2, 0.25) is 0 Å². The van der Waals surface area contributed by atoms with Crippen molar-refractivity contribution in [3.63, 3.8) is 0 Å². The van der Waals surface area contributed by atoms with Gasteiger partial charge in [0, 0.05) is 5.41 Å². The maximum atomic E-state index is 2.55. The maximum absolute atomic E-state index is 2.55. The fraction of sp³-hybridized carbons (Fsp3) is 0.667. The molecule has 1 aliphatic rings. The first-order valence-electron chi connectivity index (χ1n) is 13.2. The Bertz CT molecular complexity index is 565. The molecule has 0 bridgehead atoms. The van der Waals surface area contributed by atoms with Crippen LogP contribution in [0.25, 0.3) is 0 Å². The average Bonchev–Trinajstić information content (AvgIpc) is 2.79. The lowest BCUT2D eigenvalue weighted by Gasteiger charge is -2.32. The van der Waals surface area contributed by atoms with Gasteiger partial charge in [-0.2, -0.15) is 0 Å². The third kappa shape index (κ3) is 9.23. The van der Waals surface area contributed by atoms with E-state index < -0.39 is 0 Å². The highest BCUT2D eigenvalue weighted by Crippen LogP contribution is 2.37. The molecule has 0 heterocycles. The van der Waals surface area contributed by atoms with Crippen LogP contribution < -0.4 is 0 Å². The molecule has 0 N–H and O–H groups in total. The Morgan fingerprint density at radius 1 is 0.600 bits per heavy atom. The summed E-state index contributed by atoms with van der Waals surface area (Å²) in [4.78, 5) is 0. The van der Waals surface area contributed by atoms with Crippen molar-refractivity contribution >= 4 is 0 Å². The molecule has 0 saturated carbocycles. The second-order valence-electron chi connectivity index (χ2n) is 9.57. The largest absolute Gasteiger partial charge is 0.0804 e. The molecule has 1 aromatic carbocycles. The molecule has 0 fully saturated rings. The zero-order chi connectivity index (χ0) is 21.3. The summed E-state index contributed by atoms with van der Waals surface area (Å²) in [5.74, 6) is 0.645. The van der Waals surface area contributed by atoms with E-state index in [9.17, 15) is 0 Å². The highest BCUT2D eigenvalue weighted by atomic mass is 14.3. The Morgan fingerprint density at radius 2 is 1.10 bits per heavy atom. The molecule has 0 atom stereocenters. The molecule has 0 spiro atoms. The summed E-state index contributed by atoms with van der Waals surface area (Å²) in [7, 11) is 0. The van der Waals surface area contributed by atoms with Gasteiger partial charge in [-0.15, -0.1) is 0 Å². The standard InChI is InChI=1S/C30H48/c1-3-5-7-9-11-13-16-20-28-23-26-30(27-24-28,29-21-17-15-18-22-29)25-19-14-12-10-8-6-4-2/h15,17-18,21-24,26-28H,3-14,16,19-20,25H2,1-2H3. The summed E-state index contributed by atoms with van der Waals surface area (Å²) in [6.45, 7) is 4.59. The van der Waals surface area contributed by atoms with Crippen LogP contribution in [0.4, 0.5) is 0 Å². The summed E-state index contributed by atoms with van der Waals surface area (Å²) in [6, 6.07) is 11.2. The van der Waals surface area contributed by atoms with Gasteiger partial charge in [0.15, 0.2) is 0 Å². The normalized spacial score (nSPS) is 20.7. The van der Waals surface area contributed by atoms with Crippen molar-refractivity contribution < 1.29 is 0 Å². The highest BCUT2D eigenvalue weighted by Gasteiger charge is 2.28. The van der Waals surface area contributed by atoms with Gasteiger partial charge in [-0.3, -0.25) is 0 Å². The molecule has 2 rings (SSSR count). The minimum Gasteiger partial charge on any atom is -0.0804 e. The second kappa shape index (κ2) is 15.5. The van der Waals surface area contributed by atoms with Gasteiger partial charge in [-0.25, -0.2) is 0 Å². The van der Waals surface area contributed by atoms with Crippen LogP contribution >= 0.6 is 0 Å². The van der Waals surface area contributed by atoms with E-state index in [4.69, 9.17) is 0 Å². The number of hydrogen-bond acceptors (Lipinski definition) is 0. The number of allylic oxidation sites excluding steroid dienone is 4. The van der Waals surface area contributed by atoms with E-state index in [1.807, 2.05) is 0 Å². The molecule has 30 heavy (non-hydrogen) atoms. The van der Waals surface area contributed by atoms with Gasteiger partial charge in [-0.1, -0.05) is 158 Å². The number of hydrogen-bond donors (Lipinski definition) is 0. The van der Waals surface area contributed by atoms with Crippen molar-refractivity contribution in [1.29, 1.82) is 0 Å². The Kier molecular flexibility index (Phi) is 12.9. The topological polar surface area (TPSA) is 0 Å². The summed E-state index contributed by atoms with van der Waals surface area (Å²) < 4.78 is 0. The summed E-state index contributed by atoms with van der Waals surface area (Å²) in [5.41, 5.74) is 1.60. The molecular formula is C30H48. The van der Waals surface area contributed by atoms with Gasteiger partial charge >= 0.3 is 0 Å². The first-order chi connectivity index (χ1) is 14.8. The van der Waals surface area contributed by atoms with Crippen molar-refractivity contribution in [3.8, 4) is 0 Å². The minimum atomic E-state index is 0.126. The molecule has 168 valence electrons. The predicted octanol–water partition coefficient (Wildman–Crippen LogP) is 9.95. The van der Waals surface area contributed by atoms with Gasteiger partial charge in [0.2, 0.25) is 0 Å². The predicted molar refractivity (Wildman–Crippen MR) is 135 cm³/mol. The first kappa shape index (κ1) is 25.0. The average molecular weight is 409 g/mol. The Labute approximate surface area is 188 Å². The van der Waals surface area contributed by atoms with E-state index in [1.165, 1.54) is 108 Å². The van der Waals surface area contributed by atoms with E-state index in [1.54, 1.807) is 0 Å². The Hall–Kier alpha value is -1.30. The number of rotatable bonds is 17. The molecule has 0 nitrogen and oxygen atoms in total. The van der Waals surface area contributed by atoms with Crippen molar-refractivity contribution in [2.24, 2.45) is 5.92 Å². The number of unbranched alkanes of at least 4 members (excludes halogenated alkanes) is 12. The van der Waals surface area contributed by atoms with Gasteiger partial charge < -0.3 is 0 Å². The van der Waals surface area contributed by atoms with E-state index in [0.29, 0.717) is 5.92 Å². The van der Waals surface area contributed by atoms with Crippen molar-refractivity contribution in [1.82, 2.24) is 0 Å². The lowest BCUT2D eigenvalue weighted by atomic mass is 9.72. The van der Waals surface area contributed by atoms with Crippen molar-refractivity contribution in [3.05, 3.63) is 60.2 Å². The summed E-state index contributed by atoms with van der Waals surface area (Å²) in [5, 5.41) is 0. The Balaban J connectivity index is 1.79. The van der Waals surface area contributed by atoms with E-state index in [-0.39, 0.29) is 5.41 Å². The highest BCUT2D eigenvalue weighted by molar-refractivity contribution is 5.39. The SMILES string of the molecule is CCCCCCCCCC1C=CC(CCCCCCCCC)(c2ccccc2)C=C1. The maximum Gasteiger partial charge on any atom is 0.0312 e. The third-order valence-corrected chi connectivity index (χ3v) is 6.93. The van der Waals surface area contributed by atoms with E-state index >= 15 is 0 Å². The lowest BCUT2D eigenvalue weighted by molar-refractivity contribution is 0.501. The molecule has 0 amide bonds. The molecule has 0 heteroatoms. The zero-order valence-corrected chi connectivity index (χ0v) is 20.1. The van der Waals surface area contributed by atoms with E-state index in [2.05, 4.69) is 68.5 Å². The molecule has 0 radical (unpaired) electrons. The van der Waals surface area contributed by atoms with Crippen molar-refractivity contribution in [2.45, 2.75) is 122 Å². The van der Waals surface area contributed by atoms with Crippen LogP contribution in [-0.2, 0) is 5.41 Å². The third-order valence-electron chi connectivity index (χ3n) is 6.93. The quantitative estimate of drug-likeness (QED) is 0.178. The minimum absolute atomic E-state index is 0.126. The van der Waals surface area contributed by atoms with Gasteiger partial charge in [-0.05, 0) is 24.3 Å². The molecule has 0 aromatic heterocycles. The molecule has 0 unspecified atom stereocenters. The van der Waals surface area contributed by atoms with Gasteiger partial charge in [0.1, 0.15) is 0 Å². The van der Waals surface area contributed by atoms with Crippen LogP contribution in [0.5, 0.6) is 0 Å². The number of benzene rings is 1. The molecular weight excluding hydrogens is 360 g/mol. The molecule has 1 aliphatic carbocycles.